The second-order valence-electron chi connectivity index (χ2n) is 4.40. The lowest BCUT2D eigenvalue weighted by Gasteiger charge is -2.16. The zero-order valence-electron chi connectivity index (χ0n) is 11.3. The molecule has 0 aliphatic carbocycles. The molecule has 22 heavy (non-hydrogen) atoms. The van der Waals surface area contributed by atoms with Gasteiger partial charge in [-0.2, -0.15) is 24.5 Å². The first-order chi connectivity index (χ1) is 10.3. The Morgan fingerprint density at radius 1 is 1.50 bits per heavy atom. The number of alkyl halides is 3. The number of hydrogen-bond acceptors (Lipinski definition) is 6. The van der Waals surface area contributed by atoms with Crippen molar-refractivity contribution in [1.82, 2.24) is 4.98 Å². The first kappa shape index (κ1) is 16.7. The van der Waals surface area contributed by atoms with Gasteiger partial charge in [-0.3, -0.25) is 0 Å². The number of halogens is 3. The van der Waals surface area contributed by atoms with Crippen LogP contribution in [0.15, 0.2) is 16.8 Å². The fourth-order valence-corrected chi connectivity index (χ4v) is 3.82. The van der Waals surface area contributed by atoms with Crippen LogP contribution >= 0.6 is 22.7 Å². The summed E-state index contributed by atoms with van der Waals surface area (Å²) in [6.45, 7) is 1.38. The fourth-order valence-electron chi connectivity index (χ4n) is 1.93. The molecule has 0 saturated heterocycles. The van der Waals surface area contributed by atoms with E-state index >= 15 is 0 Å². The molecule has 2 rings (SSSR count). The van der Waals surface area contributed by atoms with E-state index in [2.05, 4.69) is 9.82 Å². The predicted octanol–water partition coefficient (Wildman–Crippen LogP) is 3.96. The predicted molar refractivity (Wildman–Crippen MR) is 75.7 cm³/mol. The van der Waals surface area contributed by atoms with Crippen LogP contribution in [0.4, 0.5) is 13.2 Å². The van der Waals surface area contributed by atoms with Crippen molar-refractivity contribution in [1.29, 1.82) is 0 Å². The minimum absolute atomic E-state index is 0.0560. The van der Waals surface area contributed by atoms with Gasteiger partial charge in [0.1, 0.15) is 17.5 Å². The number of hydrogen-bond donors (Lipinski definition) is 0. The quantitative estimate of drug-likeness (QED) is 0.583. The molecule has 0 radical (unpaired) electrons. The van der Waals surface area contributed by atoms with Gasteiger partial charge in [-0.15, -0.1) is 21.5 Å². The Labute approximate surface area is 131 Å². The summed E-state index contributed by atoms with van der Waals surface area (Å²) < 4.78 is 40.0. The number of rotatable bonds is 6. The van der Waals surface area contributed by atoms with Gasteiger partial charge in [0.2, 0.25) is 0 Å². The highest BCUT2D eigenvalue weighted by atomic mass is 32.1. The third-order valence-corrected chi connectivity index (χ3v) is 4.87. The lowest BCUT2D eigenvalue weighted by Crippen LogP contribution is -2.21. The molecule has 0 N–H and O–H groups in total. The standard InChI is InChI=1S/C12H11F3N2O3S2/c1-7-9(2-4-20-17(18)19)22-11(16-7)10(12(13,14)15)8-3-5-21-6-8/h3,5-6,10H,2,4H2,1H3. The molecule has 120 valence electrons. The highest BCUT2D eigenvalue weighted by Crippen LogP contribution is 2.42. The number of thiophene rings is 1. The van der Waals surface area contributed by atoms with Gasteiger partial charge in [-0.05, 0) is 29.3 Å². The summed E-state index contributed by atoms with van der Waals surface area (Å²) in [6, 6.07) is 1.43. The normalized spacial score (nSPS) is 13.1. The van der Waals surface area contributed by atoms with Gasteiger partial charge in [-0.1, -0.05) is 0 Å². The Hall–Kier alpha value is -1.68. The maximum Gasteiger partial charge on any atom is 0.402 e. The van der Waals surface area contributed by atoms with Gasteiger partial charge < -0.3 is 4.84 Å². The second-order valence-corrected chi connectivity index (χ2v) is 6.29. The summed E-state index contributed by atoms with van der Waals surface area (Å²) in [5, 5.41) is 12.1. The lowest BCUT2D eigenvalue weighted by molar-refractivity contribution is -0.757. The summed E-state index contributed by atoms with van der Waals surface area (Å²) in [4.78, 5) is 18.9. The van der Waals surface area contributed by atoms with E-state index in [0.717, 1.165) is 11.3 Å². The van der Waals surface area contributed by atoms with E-state index in [9.17, 15) is 23.3 Å². The molecule has 2 aromatic heterocycles. The third-order valence-electron chi connectivity index (χ3n) is 2.89. The average molecular weight is 352 g/mol. The summed E-state index contributed by atoms with van der Waals surface area (Å²) >= 11 is 2.10. The molecule has 1 atom stereocenters. The maximum atomic E-state index is 13.3. The Bertz CT molecular complexity index is 641. The van der Waals surface area contributed by atoms with Crippen LogP contribution in [0.25, 0.3) is 0 Å². The zero-order chi connectivity index (χ0) is 16.3. The summed E-state index contributed by atoms with van der Waals surface area (Å²) in [5.41, 5.74) is 0.593. The largest absolute Gasteiger partial charge is 0.402 e. The molecule has 0 spiro atoms. The Balaban J connectivity index is 2.24. The highest BCUT2D eigenvalue weighted by Gasteiger charge is 2.44. The number of nitrogens with zero attached hydrogens (tertiary/aromatic N) is 2. The van der Waals surface area contributed by atoms with E-state index in [4.69, 9.17) is 0 Å². The molecular formula is C12H11F3N2O3S2. The topological polar surface area (TPSA) is 65.3 Å². The molecule has 0 amide bonds. The molecule has 5 nitrogen and oxygen atoms in total. The SMILES string of the molecule is Cc1nc(C(c2ccsc2)C(F)(F)F)sc1CCO[N+](=O)[O-]. The van der Waals surface area contributed by atoms with Crippen molar-refractivity contribution in [3.05, 3.63) is 48.1 Å². The summed E-state index contributed by atoms with van der Waals surface area (Å²) in [6.07, 6.45) is -4.29. The number of thiazole rings is 1. The molecule has 0 bridgehead atoms. The molecule has 0 fully saturated rings. The molecule has 0 aliphatic rings. The van der Waals surface area contributed by atoms with E-state index in [-0.39, 0.29) is 23.6 Å². The van der Waals surface area contributed by atoms with Crippen LogP contribution in [-0.2, 0) is 11.3 Å². The Morgan fingerprint density at radius 3 is 2.77 bits per heavy atom. The van der Waals surface area contributed by atoms with E-state index in [1.54, 1.807) is 12.3 Å². The van der Waals surface area contributed by atoms with Gasteiger partial charge in [0.05, 0.1) is 5.69 Å². The Morgan fingerprint density at radius 2 is 2.23 bits per heavy atom. The number of aryl methyl sites for hydroxylation is 1. The molecule has 10 heteroatoms. The van der Waals surface area contributed by atoms with Gasteiger partial charge in [0.25, 0.3) is 5.09 Å². The van der Waals surface area contributed by atoms with Crippen LogP contribution in [-0.4, -0.2) is 22.9 Å². The summed E-state index contributed by atoms with van der Waals surface area (Å²) in [5.74, 6) is -1.77. The van der Waals surface area contributed by atoms with Crippen molar-refractivity contribution in [3.8, 4) is 0 Å². The number of aromatic nitrogens is 1. The van der Waals surface area contributed by atoms with Crippen molar-refractivity contribution >= 4 is 22.7 Å². The van der Waals surface area contributed by atoms with Crippen LogP contribution < -0.4 is 0 Å². The van der Waals surface area contributed by atoms with Crippen molar-refractivity contribution in [2.24, 2.45) is 0 Å². The molecule has 2 heterocycles. The molecular weight excluding hydrogens is 341 g/mol. The first-order valence-corrected chi connectivity index (χ1v) is 7.87. The van der Waals surface area contributed by atoms with Crippen LogP contribution in [0.3, 0.4) is 0 Å². The average Bonchev–Trinajstić information content (AvgIpc) is 2.99. The molecule has 0 aliphatic heterocycles. The fraction of sp³-hybridized carbons (Fsp3) is 0.417. The minimum Gasteiger partial charge on any atom is -0.314 e. The monoisotopic (exact) mass is 352 g/mol. The van der Waals surface area contributed by atoms with Crippen LogP contribution in [0, 0.1) is 17.0 Å². The highest BCUT2D eigenvalue weighted by molar-refractivity contribution is 7.12. The molecule has 0 saturated carbocycles. The zero-order valence-corrected chi connectivity index (χ0v) is 12.9. The maximum absolute atomic E-state index is 13.3. The Kier molecular flexibility index (Phi) is 5.01. The van der Waals surface area contributed by atoms with Crippen molar-refractivity contribution in [3.63, 3.8) is 0 Å². The molecule has 0 aromatic carbocycles. The van der Waals surface area contributed by atoms with E-state index in [0.29, 0.717) is 10.6 Å². The van der Waals surface area contributed by atoms with Crippen LogP contribution in [0.2, 0.25) is 0 Å². The second kappa shape index (κ2) is 6.61. The van der Waals surface area contributed by atoms with Crippen LogP contribution in [0.1, 0.15) is 27.1 Å². The van der Waals surface area contributed by atoms with Crippen molar-refractivity contribution < 1.29 is 23.1 Å². The van der Waals surface area contributed by atoms with Gasteiger partial charge in [0.15, 0.2) is 0 Å². The van der Waals surface area contributed by atoms with E-state index in [1.807, 2.05) is 0 Å². The third kappa shape index (κ3) is 3.95. The van der Waals surface area contributed by atoms with Crippen LogP contribution in [0.5, 0.6) is 0 Å². The molecule has 1 unspecified atom stereocenters. The first-order valence-electron chi connectivity index (χ1n) is 6.11. The van der Waals surface area contributed by atoms with E-state index < -0.39 is 17.2 Å². The van der Waals surface area contributed by atoms with E-state index in [1.165, 1.54) is 22.8 Å². The summed E-state index contributed by atoms with van der Waals surface area (Å²) in [7, 11) is 0. The van der Waals surface area contributed by atoms with Gasteiger partial charge in [-0.25, -0.2) is 4.98 Å². The van der Waals surface area contributed by atoms with Gasteiger partial charge >= 0.3 is 6.18 Å². The lowest BCUT2D eigenvalue weighted by atomic mass is 10.0. The minimum atomic E-state index is -4.44. The molecule has 2 aromatic rings. The van der Waals surface area contributed by atoms with Gasteiger partial charge in [0, 0.05) is 11.3 Å². The van der Waals surface area contributed by atoms with Crippen molar-refractivity contribution in [2.75, 3.05) is 6.61 Å². The smallest absolute Gasteiger partial charge is 0.314 e. The van der Waals surface area contributed by atoms with Crippen molar-refractivity contribution in [2.45, 2.75) is 25.4 Å².